The van der Waals surface area contributed by atoms with Crippen molar-refractivity contribution in [2.45, 2.75) is 68.9 Å². The summed E-state index contributed by atoms with van der Waals surface area (Å²) < 4.78 is 12.3. The maximum atomic E-state index is 6.76. The number of methoxy groups -OCH3 is 1. The van der Waals surface area contributed by atoms with Crippen molar-refractivity contribution >= 4 is 0 Å². The average molecular weight is 341 g/mol. The smallest absolute Gasteiger partial charge is 0.119 e. The van der Waals surface area contributed by atoms with Crippen molar-refractivity contribution in [1.82, 2.24) is 4.90 Å². The van der Waals surface area contributed by atoms with Crippen LogP contribution in [0.1, 0.15) is 56.6 Å². The molecule has 0 spiro atoms. The van der Waals surface area contributed by atoms with Crippen molar-refractivity contribution in [3.8, 4) is 5.75 Å². The first-order chi connectivity index (χ1) is 12.2. The van der Waals surface area contributed by atoms with E-state index in [1.165, 1.54) is 50.8 Å². The third-order valence-electron chi connectivity index (χ3n) is 7.68. The molecule has 0 unspecified atom stereocenters. The molecule has 2 saturated heterocycles. The number of fused-ring (bicyclic) bond motifs is 1. The second-order valence-electron chi connectivity index (χ2n) is 8.71. The summed E-state index contributed by atoms with van der Waals surface area (Å²) in [6.45, 7) is 5.82. The molecule has 4 aliphatic rings. The number of hydrogen-bond donors (Lipinski definition) is 0. The van der Waals surface area contributed by atoms with Crippen LogP contribution in [-0.4, -0.2) is 43.3 Å². The van der Waals surface area contributed by atoms with Gasteiger partial charge in [0.25, 0.3) is 0 Å². The fraction of sp³-hybridized carbons (Fsp3) is 0.727. The molecule has 1 aromatic carbocycles. The lowest BCUT2D eigenvalue weighted by atomic mass is 9.51. The molecule has 0 aromatic heterocycles. The second kappa shape index (κ2) is 5.72. The topological polar surface area (TPSA) is 21.7 Å². The van der Waals surface area contributed by atoms with Gasteiger partial charge in [0.2, 0.25) is 0 Å². The van der Waals surface area contributed by atoms with E-state index in [1.54, 1.807) is 12.7 Å². The average Bonchev–Trinajstić information content (AvgIpc) is 3.47. The minimum atomic E-state index is -0.00223. The van der Waals surface area contributed by atoms with Crippen LogP contribution in [0.5, 0.6) is 5.75 Å². The summed E-state index contributed by atoms with van der Waals surface area (Å²) in [6, 6.07) is 7.37. The summed E-state index contributed by atoms with van der Waals surface area (Å²) >= 11 is 0. The predicted molar refractivity (Wildman–Crippen MR) is 99.3 cm³/mol. The fourth-order valence-corrected chi connectivity index (χ4v) is 6.35. The van der Waals surface area contributed by atoms with Gasteiger partial charge in [-0.2, -0.15) is 0 Å². The third-order valence-corrected chi connectivity index (χ3v) is 7.68. The van der Waals surface area contributed by atoms with Crippen LogP contribution in [0.15, 0.2) is 18.2 Å². The molecular formula is C22H31NO2. The second-order valence-corrected chi connectivity index (χ2v) is 8.71. The van der Waals surface area contributed by atoms with Crippen LogP contribution >= 0.6 is 0 Å². The van der Waals surface area contributed by atoms with Gasteiger partial charge in [-0.25, -0.2) is 0 Å². The van der Waals surface area contributed by atoms with Crippen molar-refractivity contribution in [3.05, 3.63) is 29.3 Å². The van der Waals surface area contributed by atoms with Crippen molar-refractivity contribution in [2.75, 3.05) is 26.8 Å². The molecule has 2 bridgehead atoms. The van der Waals surface area contributed by atoms with E-state index in [0.717, 1.165) is 31.1 Å². The Balaban J connectivity index is 1.65. The van der Waals surface area contributed by atoms with E-state index >= 15 is 0 Å². The highest BCUT2D eigenvalue weighted by Gasteiger charge is 2.64. The van der Waals surface area contributed by atoms with Crippen LogP contribution in [-0.2, 0) is 16.6 Å². The summed E-state index contributed by atoms with van der Waals surface area (Å²) in [5, 5.41) is 0. The summed E-state index contributed by atoms with van der Waals surface area (Å²) in [5.41, 5.74) is 3.27. The lowest BCUT2D eigenvalue weighted by Crippen LogP contribution is -2.73. The van der Waals surface area contributed by atoms with Gasteiger partial charge in [-0.1, -0.05) is 13.0 Å². The Morgan fingerprint density at radius 2 is 2.16 bits per heavy atom. The van der Waals surface area contributed by atoms with Crippen molar-refractivity contribution < 1.29 is 9.47 Å². The van der Waals surface area contributed by atoms with Gasteiger partial charge in [-0.15, -0.1) is 0 Å². The molecule has 5 rings (SSSR count). The molecular weight excluding hydrogens is 310 g/mol. The molecule has 0 radical (unpaired) electrons. The normalized spacial score (nSPS) is 37.3. The fourth-order valence-electron chi connectivity index (χ4n) is 6.35. The van der Waals surface area contributed by atoms with Crippen molar-refractivity contribution in [3.63, 3.8) is 0 Å². The molecule has 2 aliphatic carbocycles. The third kappa shape index (κ3) is 2.18. The molecule has 0 amide bonds. The van der Waals surface area contributed by atoms with E-state index in [1.807, 2.05) is 0 Å². The van der Waals surface area contributed by atoms with Gasteiger partial charge in [0.15, 0.2) is 0 Å². The number of nitrogens with zero attached hydrogens (tertiary/aromatic N) is 1. The van der Waals surface area contributed by atoms with Crippen LogP contribution in [0.4, 0.5) is 0 Å². The molecule has 3 atom stereocenters. The van der Waals surface area contributed by atoms with Crippen LogP contribution in [0.25, 0.3) is 0 Å². The van der Waals surface area contributed by atoms with Crippen molar-refractivity contribution in [2.24, 2.45) is 5.92 Å². The summed E-state index contributed by atoms with van der Waals surface area (Å²) in [6.07, 6.45) is 8.83. The highest BCUT2D eigenvalue weighted by Crippen LogP contribution is 2.59. The van der Waals surface area contributed by atoms with Gasteiger partial charge in [-0.3, -0.25) is 4.90 Å². The molecule has 2 aliphatic heterocycles. The zero-order valence-electron chi connectivity index (χ0n) is 15.7. The molecule has 2 heterocycles. The minimum Gasteiger partial charge on any atom is -0.497 e. The van der Waals surface area contributed by atoms with Gasteiger partial charge >= 0.3 is 0 Å². The van der Waals surface area contributed by atoms with E-state index in [4.69, 9.17) is 9.47 Å². The standard InChI is InChI=1S/C22H31NO2/c1-3-22-20-13-17-7-8-18(24-2)14-19(17)21(22,9-4-12-25-22)10-11-23(20)15-16-5-6-16/h7-8,14,16,20H,3-6,9-13,15H2,1-2H3/t20-,21+,22+/m1/s1. The van der Waals surface area contributed by atoms with Crippen LogP contribution in [0.2, 0.25) is 0 Å². The van der Waals surface area contributed by atoms with E-state index < -0.39 is 0 Å². The maximum absolute atomic E-state index is 6.76. The summed E-state index contributed by atoms with van der Waals surface area (Å²) in [7, 11) is 1.79. The molecule has 1 aromatic rings. The lowest BCUT2D eigenvalue weighted by molar-refractivity contribution is -0.209. The van der Waals surface area contributed by atoms with Crippen molar-refractivity contribution in [1.29, 1.82) is 0 Å². The number of likely N-dealkylation sites (tertiary alicyclic amines) is 1. The number of hydrogen-bond acceptors (Lipinski definition) is 3. The molecule has 1 saturated carbocycles. The Morgan fingerprint density at radius 1 is 1.28 bits per heavy atom. The molecule has 0 N–H and O–H groups in total. The van der Waals surface area contributed by atoms with Crippen LogP contribution in [0, 0.1) is 5.92 Å². The molecule has 25 heavy (non-hydrogen) atoms. The monoisotopic (exact) mass is 341 g/mol. The van der Waals surface area contributed by atoms with Gasteiger partial charge in [0.1, 0.15) is 5.75 Å². The zero-order valence-corrected chi connectivity index (χ0v) is 15.7. The number of benzene rings is 1. The number of piperidine rings is 1. The van der Waals surface area contributed by atoms with Crippen LogP contribution in [0.3, 0.4) is 0 Å². The van der Waals surface area contributed by atoms with Gasteiger partial charge < -0.3 is 9.47 Å². The van der Waals surface area contributed by atoms with Gasteiger partial charge in [0.05, 0.1) is 12.7 Å². The minimum absolute atomic E-state index is 0.00223. The maximum Gasteiger partial charge on any atom is 0.119 e. The predicted octanol–water partition coefficient (Wildman–Crippen LogP) is 3.93. The first-order valence-electron chi connectivity index (χ1n) is 10.3. The van der Waals surface area contributed by atoms with E-state index in [0.29, 0.717) is 6.04 Å². The Morgan fingerprint density at radius 3 is 2.92 bits per heavy atom. The Labute approximate surface area is 151 Å². The Kier molecular flexibility index (Phi) is 3.69. The zero-order chi connectivity index (χ0) is 17.1. The van der Waals surface area contributed by atoms with E-state index in [-0.39, 0.29) is 11.0 Å². The summed E-state index contributed by atoms with van der Waals surface area (Å²) in [5.74, 6) is 1.95. The first kappa shape index (κ1) is 16.1. The number of rotatable bonds is 4. The van der Waals surface area contributed by atoms with Crippen LogP contribution < -0.4 is 4.74 Å². The molecule has 3 heteroatoms. The van der Waals surface area contributed by atoms with E-state index in [9.17, 15) is 0 Å². The highest BCUT2D eigenvalue weighted by atomic mass is 16.5. The Bertz CT molecular complexity index is 670. The molecule has 3 nitrogen and oxygen atoms in total. The highest BCUT2D eigenvalue weighted by molar-refractivity contribution is 5.48. The SMILES string of the molecule is CC[C@@]12OCCC[C@@]13CCN(CC1CC1)[C@@H]2Cc1ccc(OC)cc13. The molecule has 3 fully saturated rings. The number of ether oxygens (including phenoxy) is 2. The lowest BCUT2D eigenvalue weighted by Gasteiger charge is -2.65. The Hall–Kier alpha value is -1.06. The van der Waals surface area contributed by atoms with E-state index in [2.05, 4.69) is 30.0 Å². The van der Waals surface area contributed by atoms with Gasteiger partial charge in [-0.05, 0) is 80.7 Å². The molecule has 136 valence electrons. The largest absolute Gasteiger partial charge is 0.497 e. The first-order valence-corrected chi connectivity index (χ1v) is 10.3. The summed E-state index contributed by atoms with van der Waals surface area (Å²) in [4.78, 5) is 2.80. The van der Waals surface area contributed by atoms with Gasteiger partial charge in [0, 0.05) is 24.6 Å². The quantitative estimate of drug-likeness (QED) is 0.828.